The molecule has 0 radical (unpaired) electrons. The number of hydrogen-bond acceptors (Lipinski definition) is 5. The Kier molecular flexibility index (Phi) is 7.62. The number of likely N-dealkylation sites (tertiary alicyclic amines) is 1. The molecule has 0 saturated carbocycles. The molecular weight excluding hydrogens is 356 g/mol. The van der Waals surface area contributed by atoms with Crippen molar-refractivity contribution < 1.29 is 14.3 Å². The molecule has 0 atom stereocenters. The van der Waals surface area contributed by atoms with E-state index in [0.717, 1.165) is 11.5 Å². The first-order chi connectivity index (χ1) is 11.8. The van der Waals surface area contributed by atoms with Crippen molar-refractivity contribution in [2.24, 2.45) is 5.92 Å². The molecule has 1 aromatic rings. The first-order valence-electron chi connectivity index (χ1n) is 8.71. The fraction of sp³-hybridized carbons (Fsp3) is 0.667. The van der Waals surface area contributed by atoms with Crippen LogP contribution in [0.4, 0.5) is 4.79 Å². The largest absolute Gasteiger partial charge is 0.444 e. The molecule has 0 spiro atoms. The number of ether oxygens (including phenoxy) is 1. The zero-order chi connectivity index (χ0) is 18.3. The van der Waals surface area contributed by atoms with Crippen molar-refractivity contribution in [1.29, 1.82) is 0 Å². The molecule has 0 aromatic carbocycles. The van der Waals surface area contributed by atoms with Gasteiger partial charge in [-0.05, 0) is 45.1 Å². The van der Waals surface area contributed by atoms with Crippen LogP contribution in [0.1, 0.15) is 38.5 Å². The van der Waals surface area contributed by atoms with E-state index in [1.54, 1.807) is 16.2 Å². The van der Waals surface area contributed by atoms with Crippen LogP contribution >= 0.6 is 23.1 Å². The van der Waals surface area contributed by atoms with E-state index < -0.39 is 5.60 Å². The number of piperidine rings is 1. The molecule has 25 heavy (non-hydrogen) atoms. The third-order valence-electron chi connectivity index (χ3n) is 3.89. The quantitative estimate of drug-likeness (QED) is 0.759. The Bertz CT molecular complexity index is 547. The number of thiophene rings is 1. The van der Waals surface area contributed by atoms with Gasteiger partial charge in [-0.15, -0.1) is 11.3 Å². The number of rotatable bonds is 6. The smallest absolute Gasteiger partial charge is 0.410 e. The molecule has 1 saturated heterocycles. The summed E-state index contributed by atoms with van der Waals surface area (Å²) in [5.41, 5.74) is -0.480. The molecule has 1 aromatic heterocycles. The second kappa shape index (κ2) is 9.48. The van der Waals surface area contributed by atoms with Gasteiger partial charge in [-0.2, -0.15) is 11.8 Å². The Hall–Kier alpha value is -1.21. The van der Waals surface area contributed by atoms with Gasteiger partial charge in [-0.25, -0.2) is 4.79 Å². The molecule has 0 bridgehead atoms. The highest BCUT2D eigenvalue weighted by Crippen LogP contribution is 2.20. The van der Waals surface area contributed by atoms with Crippen LogP contribution < -0.4 is 5.32 Å². The van der Waals surface area contributed by atoms with Crippen molar-refractivity contribution >= 4 is 35.1 Å². The average molecular weight is 385 g/mol. The Labute approximate surface area is 158 Å². The van der Waals surface area contributed by atoms with Crippen molar-refractivity contribution in [2.45, 2.75) is 45.0 Å². The van der Waals surface area contributed by atoms with Gasteiger partial charge in [0.25, 0.3) is 0 Å². The highest BCUT2D eigenvalue weighted by molar-refractivity contribution is 7.98. The summed E-state index contributed by atoms with van der Waals surface area (Å²) in [6, 6.07) is 4.20. The summed E-state index contributed by atoms with van der Waals surface area (Å²) in [5.74, 6) is 2.03. The van der Waals surface area contributed by atoms with E-state index in [-0.39, 0.29) is 17.9 Å². The molecule has 1 fully saturated rings. The van der Waals surface area contributed by atoms with Crippen LogP contribution in [0.25, 0.3) is 0 Å². The van der Waals surface area contributed by atoms with Crippen molar-refractivity contribution in [1.82, 2.24) is 10.2 Å². The molecule has 7 heteroatoms. The number of hydrogen-bond donors (Lipinski definition) is 1. The molecule has 1 aliphatic rings. The maximum Gasteiger partial charge on any atom is 0.410 e. The third-order valence-corrected chi connectivity index (χ3v) is 5.95. The minimum absolute atomic E-state index is 0.000910. The maximum atomic E-state index is 12.2. The van der Waals surface area contributed by atoms with Crippen LogP contribution in [0.5, 0.6) is 0 Å². The lowest BCUT2D eigenvalue weighted by Crippen LogP contribution is -2.45. The minimum atomic E-state index is -0.480. The van der Waals surface area contributed by atoms with Crippen LogP contribution in [0, 0.1) is 5.92 Å². The van der Waals surface area contributed by atoms with Gasteiger partial charge >= 0.3 is 6.09 Å². The second-order valence-electron chi connectivity index (χ2n) is 7.16. The number of amides is 2. The maximum absolute atomic E-state index is 12.2. The summed E-state index contributed by atoms with van der Waals surface area (Å²) in [6.07, 6.45) is 1.12. The highest BCUT2D eigenvalue weighted by atomic mass is 32.2. The summed E-state index contributed by atoms with van der Waals surface area (Å²) in [5, 5.41) is 5.11. The lowest BCUT2D eigenvalue weighted by atomic mass is 9.96. The lowest BCUT2D eigenvalue weighted by molar-refractivity contribution is -0.126. The number of thioether (sulfide) groups is 1. The highest BCUT2D eigenvalue weighted by Gasteiger charge is 2.29. The van der Waals surface area contributed by atoms with E-state index in [2.05, 4.69) is 22.8 Å². The summed E-state index contributed by atoms with van der Waals surface area (Å²) in [7, 11) is 0. The molecular formula is C18H28N2O3S2. The van der Waals surface area contributed by atoms with Gasteiger partial charge in [0, 0.05) is 41.9 Å². The van der Waals surface area contributed by atoms with Crippen molar-refractivity contribution in [3.8, 4) is 0 Å². The number of carbonyl (C=O) groups is 2. The fourth-order valence-electron chi connectivity index (χ4n) is 2.61. The van der Waals surface area contributed by atoms with Crippen LogP contribution in [0.3, 0.4) is 0 Å². The average Bonchev–Trinajstić information content (AvgIpc) is 3.06. The predicted octanol–water partition coefficient (Wildman–Crippen LogP) is 3.74. The standard InChI is InChI=1S/C18H28N2O3S2/c1-18(2,3)23-17(22)20-9-6-14(7-10-20)16(21)19-8-12-24-13-15-5-4-11-25-15/h4-5,11,14H,6-10,12-13H2,1-3H3,(H,19,21). The van der Waals surface area contributed by atoms with Crippen LogP contribution in [0.2, 0.25) is 0 Å². The predicted molar refractivity (Wildman–Crippen MR) is 104 cm³/mol. The SMILES string of the molecule is CC(C)(C)OC(=O)N1CCC(C(=O)NCCSCc2cccs2)CC1. The monoisotopic (exact) mass is 384 g/mol. The molecule has 5 nitrogen and oxygen atoms in total. The van der Waals surface area contributed by atoms with Crippen LogP contribution in [0.15, 0.2) is 17.5 Å². The Balaban J connectivity index is 1.60. The van der Waals surface area contributed by atoms with E-state index in [0.29, 0.717) is 32.5 Å². The van der Waals surface area contributed by atoms with E-state index in [1.807, 2.05) is 32.5 Å². The van der Waals surface area contributed by atoms with Gasteiger partial charge in [0.1, 0.15) is 5.60 Å². The van der Waals surface area contributed by atoms with E-state index in [9.17, 15) is 9.59 Å². The van der Waals surface area contributed by atoms with Gasteiger partial charge in [-0.3, -0.25) is 4.79 Å². The third kappa shape index (κ3) is 7.28. The molecule has 140 valence electrons. The Morgan fingerprint density at radius 3 is 2.68 bits per heavy atom. The summed E-state index contributed by atoms with van der Waals surface area (Å²) in [6.45, 7) is 7.45. The first kappa shape index (κ1) is 20.1. The number of nitrogens with one attached hydrogen (secondary N) is 1. The Morgan fingerprint density at radius 1 is 1.36 bits per heavy atom. The van der Waals surface area contributed by atoms with Gasteiger partial charge in [-0.1, -0.05) is 6.07 Å². The number of carbonyl (C=O) groups excluding carboxylic acids is 2. The van der Waals surface area contributed by atoms with E-state index >= 15 is 0 Å². The topological polar surface area (TPSA) is 58.6 Å². The molecule has 1 aliphatic heterocycles. The molecule has 1 N–H and O–H groups in total. The molecule has 2 rings (SSSR count). The summed E-state index contributed by atoms with van der Waals surface area (Å²) >= 11 is 3.60. The van der Waals surface area contributed by atoms with Crippen molar-refractivity contribution in [3.63, 3.8) is 0 Å². The second-order valence-corrected chi connectivity index (χ2v) is 9.30. The molecule has 2 amide bonds. The molecule has 0 unspecified atom stereocenters. The zero-order valence-corrected chi connectivity index (χ0v) is 16.9. The molecule has 0 aliphatic carbocycles. The first-order valence-corrected chi connectivity index (χ1v) is 10.7. The van der Waals surface area contributed by atoms with Crippen molar-refractivity contribution in [3.05, 3.63) is 22.4 Å². The number of nitrogens with zero attached hydrogens (tertiary/aromatic N) is 1. The fourth-order valence-corrected chi connectivity index (χ4v) is 4.31. The normalized spacial score (nSPS) is 15.9. The van der Waals surface area contributed by atoms with E-state index in [1.165, 1.54) is 4.88 Å². The summed E-state index contributed by atoms with van der Waals surface area (Å²) in [4.78, 5) is 27.3. The lowest BCUT2D eigenvalue weighted by Gasteiger charge is -2.32. The molecule has 2 heterocycles. The minimum Gasteiger partial charge on any atom is -0.444 e. The Morgan fingerprint density at radius 2 is 2.08 bits per heavy atom. The van der Waals surface area contributed by atoms with Gasteiger partial charge in [0.2, 0.25) is 5.91 Å². The van der Waals surface area contributed by atoms with Gasteiger partial charge in [0.15, 0.2) is 0 Å². The van der Waals surface area contributed by atoms with E-state index in [4.69, 9.17) is 4.74 Å². The zero-order valence-electron chi connectivity index (χ0n) is 15.2. The summed E-state index contributed by atoms with van der Waals surface area (Å²) < 4.78 is 5.38. The van der Waals surface area contributed by atoms with Crippen LogP contribution in [-0.2, 0) is 15.3 Å². The van der Waals surface area contributed by atoms with Crippen LogP contribution in [-0.4, -0.2) is 47.9 Å². The van der Waals surface area contributed by atoms with Crippen molar-refractivity contribution in [2.75, 3.05) is 25.4 Å². The van der Waals surface area contributed by atoms with Gasteiger partial charge in [0.05, 0.1) is 0 Å². The van der Waals surface area contributed by atoms with Gasteiger partial charge < -0.3 is 15.0 Å².